The van der Waals surface area contributed by atoms with Crippen LogP contribution >= 0.6 is 0 Å². The van der Waals surface area contributed by atoms with Crippen molar-refractivity contribution in [3.05, 3.63) is 34.2 Å². The molecular weight excluding hydrogens is 350 g/mol. The molecule has 2 heterocycles. The molecule has 1 aliphatic heterocycles. The van der Waals surface area contributed by atoms with Gasteiger partial charge >= 0.3 is 5.69 Å². The number of hydrogen-bond donors (Lipinski definition) is 1. The molecule has 0 spiro atoms. The van der Waals surface area contributed by atoms with Gasteiger partial charge in [-0.25, -0.2) is 4.79 Å². The van der Waals surface area contributed by atoms with Crippen LogP contribution < -0.4 is 5.69 Å². The second kappa shape index (κ2) is 8.03. The number of fused-ring (bicyclic) bond motifs is 1. The Morgan fingerprint density at radius 3 is 2.57 bits per heavy atom. The van der Waals surface area contributed by atoms with E-state index in [0.717, 1.165) is 50.0 Å². The van der Waals surface area contributed by atoms with Gasteiger partial charge in [0.15, 0.2) is 0 Å². The molecule has 0 bridgehead atoms. The fourth-order valence-electron chi connectivity index (χ4n) is 5.24. The predicted octanol–water partition coefficient (Wildman–Crippen LogP) is 4.40. The summed E-state index contributed by atoms with van der Waals surface area (Å²) in [5.41, 5.74) is 3.54. The SMILES string of the molecule is CCCO[C@H]1CC[C@](C)(N2CCC(n3c(=O)[nH]c4ccc(C)cc43)CC2)CC1. The van der Waals surface area contributed by atoms with Crippen molar-refractivity contribution in [2.75, 3.05) is 19.7 Å². The van der Waals surface area contributed by atoms with Gasteiger partial charge in [0.25, 0.3) is 0 Å². The lowest BCUT2D eigenvalue weighted by molar-refractivity contribution is -0.0305. The van der Waals surface area contributed by atoms with Gasteiger partial charge < -0.3 is 9.72 Å². The Bertz CT molecular complexity index is 852. The number of benzene rings is 1. The highest BCUT2D eigenvalue weighted by Crippen LogP contribution is 2.38. The molecule has 0 amide bonds. The number of aromatic amines is 1. The third kappa shape index (κ3) is 3.79. The largest absolute Gasteiger partial charge is 0.378 e. The average Bonchev–Trinajstić information content (AvgIpc) is 3.02. The van der Waals surface area contributed by atoms with Crippen molar-refractivity contribution in [3.8, 4) is 0 Å². The topological polar surface area (TPSA) is 50.3 Å². The maximum Gasteiger partial charge on any atom is 0.326 e. The Balaban J connectivity index is 1.41. The third-order valence-corrected chi connectivity index (χ3v) is 7.03. The fourth-order valence-corrected chi connectivity index (χ4v) is 5.24. The summed E-state index contributed by atoms with van der Waals surface area (Å²) in [5, 5.41) is 0. The standard InChI is InChI=1S/C23H35N3O2/c1-4-15-28-19-7-11-23(3,12-8-19)25-13-9-18(10-14-25)26-21-16-17(2)5-6-20(21)24-22(26)27/h5-6,16,18-19H,4,7-15H2,1-3H3,(H,24,27)/t19-,23-. The first-order chi connectivity index (χ1) is 13.5. The van der Waals surface area contributed by atoms with E-state index in [9.17, 15) is 4.79 Å². The van der Waals surface area contributed by atoms with E-state index in [1.54, 1.807) is 0 Å². The van der Waals surface area contributed by atoms with Crippen LogP contribution in [0.15, 0.2) is 23.0 Å². The average molecular weight is 386 g/mol. The molecule has 0 atom stereocenters. The molecule has 154 valence electrons. The molecule has 2 aromatic rings. The van der Waals surface area contributed by atoms with Crippen molar-refractivity contribution in [2.45, 2.75) is 83.4 Å². The fraction of sp³-hybridized carbons (Fsp3) is 0.696. The minimum atomic E-state index is 0.0406. The molecule has 2 fully saturated rings. The Kier molecular flexibility index (Phi) is 5.66. The van der Waals surface area contributed by atoms with Crippen LogP contribution in [0.25, 0.3) is 11.0 Å². The molecule has 2 aliphatic rings. The second-order valence-corrected chi connectivity index (χ2v) is 9.11. The van der Waals surface area contributed by atoms with Crippen LogP contribution in [0.2, 0.25) is 0 Å². The van der Waals surface area contributed by atoms with Gasteiger partial charge in [0.05, 0.1) is 17.1 Å². The van der Waals surface area contributed by atoms with Crippen molar-refractivity contribution in [1.82, 2.24) is 14.5 Å². The molecule has 5 heteroatoms. The first kappa shape index (κ1) is 19.7. The summed E-state index contributed by atoms with van der Waals surface area (Å²) in [4.78, 5) is 18.3. The summed E-state index contributed by atoms with van der Waals surface area (Å²) >= 11 is 0. The number of ether oxygens (including phenoxy) is 1. The van der Waals surface area contributed by atoms with E-state index in [0.29, 0.717) is 17.7 Å². The van der Waals surface area contributed by atoms with E-state index < -0.39 is 0 Å². The Hall–Kier alpha value is -1.59. The Labute approximate surface area is 168 Å². The van der Waals surface area contributed by atoms with Crippen molar-refractivity contribution in [1.29, 1.82) is 0 Å². The molecule has 1 N–H and O–H groups in total. The maximum absolute atomic E-state index is 12.6. The number of H-pyrrole nitrogens is 1. The summed E-state index contributed by atoms with van der Waals surface area (Å²) in [6.07, 6.45) is 8.46. The van der Waals surface area contributed by atoms with Gasteiger partial charge in [0, 0.05) is 31.3 Å². The van der Waals surface area contributed by atoms with Gasteiger partial charge in [-0.2, -0.15) is 0 Å². The zero-order valence-electron chi connectivity index (χ0n) is 17.7. The molecule has 4 rings (SSSR count). The lowest BCUT2D eigenvalue weighted by atomic mass is 9.79. The highest BCUT2D eigenvalue weighted by Gasteiger charge is 2.38. The molecular formula is C23H35N3O2. The summed E-state index contributed by atoms with van der Waals surface area (Å²) in [6.45, 7) is 9.75. The maximum atomic E-state index is 12.6. The van der Waals surface area contributed by atoms with Crippen LogP contribution in [0, 0.1) is 6.92 Å². The minimum Gasteiger partial charge on any atom is -0.378 e. The number of piperidine rings is 1. The summed E-state index contributed by atoms with van der Waals surface area (Å²) in [6, 6.07) is 6.52. The van der Waals surface area contributed by atoms with E-state index in [1.807, 2.05) is 10.6 Å². The Morgan fingerprint density at radius 2 is 1.89 bits per heavy atom. The molecule has 0 unspecified atom stereocenters. The molecule has 5 nitrogen and oxygen atoms in total. The van der Waals surface area contributed by atoms with E-state index >= 15 is 0 Å². The molecule has 1 aromatic carbocycles. The first-order valence-corrected chi connectivity index (χ1v) is 11.1. The number of likely N-dealkylation sites (tertiary alicyclic amines) is 1. The van der Waals surface area contributed by atoms with Gasteiger partial charge in [-0.05, 0) is 76.5 Å². The number of imidazole rings is 1. The Morgan fingerprint density at radius 1 is 1.18 bits per heavy atom. The van der Waals surface area contributed by atoms with Gasteiger partial charge in [0.1, 0.15) is 0 Å². The molecule has 28 heavy (non-hydrogen) atoms. The van der Waals surface area contributed by atoms with E-state index in [1.165, 1.54) is 31.2 Å². The molecule has 0 radical (unpaired) electrons. The van der Waals surface area contributed by atoms with Gasteiger partial charge in [0.2, 0.25) is 0 Å². The van der Waals surface area contributed by atoms with Crippen LogP contribution in [-0.4, -0.2) is 45.8 Å². The highest BCUT2D eigenvalue weighted by atomic mass is 16.5. The van der Waals surface area contributed by atoms with Crippen molar-refractivity contribution in [2.24, 2.45) is 0 Å². The zero-order chi connectivity index (χ0) is 19.7. The van der Waals surface area contributed by atoms with Gasteiger partial charge in [-0.15, -0.1) is 0 Å². The van der Waals surface area contributed by atoms with Crippen molar-refractivity contribution >= 4 is 11.0 Å². The monoisotopic (exact) mass is 385 g/mol. The van der Waals surface area contributed by atoms with Crippen LogP contribution in [-0.2, 0) is 4.74 Å². The van der Waals surface area contributed by atoms with Crippen LogP contribution in [0.5, 0.6) is 0 Å². The van der Waals surface area contributed by atoms with Crippen molar-refractivity contribution < 1.29 is 4.74 Å². The summed E-state index contributed by atoms with van der Waals surface area (Å²) in [5.74, 6) is 0. The van der Waals surface area contributed by atoms with Gasteiger partial charge in [-0.1, -0.05) is 13.0 Å². The number of rotatable bonds is 5. The number of aromatic nitrogens is 2. The third-order valence-electron chi connectivity index (χ3n) is 7.03. The van der Waals surface area contributed by atoms with Gasteiger partial charge in [-0.3, -0.25) is 9.47 Å². The first-order valence-electron chi connectivity index (χ1n) is 11.1. The van der Waals surface area contributed by atoms with E-state index in [2.05, 4.69) is 42.8 Å². The lowest BCUT2D eigenvalue weighted by Gasteiger charge is -2.48. The normalized spacial score (nSPS) is 27.5. The van der Waals surface area contributed by atoms with E-state index in [-0.39, 0.29) is 5.69 Å². The molecule has 1 saturated heterocycles. The lowest BCUT2D eigenvalue weighted by Crippen LogP contribution is -2.53. The molecule has 1 saturated carbocycles. The summed E-state index contributed by atoms with van der Waals surface area (Å²) < 4.78 is 7.99. The highest BCUT2D eigenvalue weighted by molar-refractivity contribution is 5.76. The smallest absolute Gasteiger partial charge is 0.326 e. The minimum absolute atomic E-state index is 0.0406. The number of nitrogens with one attached hydrogen (secondary N) is 1. The van der Waals surface area contributed by atoms with E-state index in [4.69, 9.17) is 4.74 Å². The zero-order valence-corrected chi connectivity index (χ0v) is 17.7. The summed E-state index contributed by atoms with van der Waals surface area (Å²) in [7, 11) is 0. The quantitative estimate of drug-likeness (QED) is 0.830. The number of aryl methyl sites for hydroxylation is 1. The second-order valence-electron chi connectivity index (χ2n) is 9.11. The van der Waals surface area contributed by atoms with Crippen LogP contribution in [0.3, 0.4) is 0 Å². The number of hydrogen-bond acceptors (Lipinski definition) is 3. The molecule has 1 aromatic heterocycles. The van der Waals surface area contributed by atoms with Crippen LogP contribution in [0.4, 0.5) is 0 Å². The van der Waals surface area contributed by atoms with Crippen LogP contribution in [0.1, 0.15) is 70.4 Å². The number of nitrogens with zero attached hydrogens (tertiary/aromatic N) is 2. The molecule has 1 aliphatic carbocycles. The van der Waals surface area contributed by atoms with Crippen molar-refractivity contribution in [3.63, 3.8) is 0 Å². The predicted molar refractivity (Wildman–Crippen MR) is 114 cm³/mol.